The van der Waals surface area contributed by atoms with Gasteiger partial charge in [0.2, 0.25) is 0 Å². The van der Waals surface area contributed by atoms with Crippen molar-refractivity contribution in [1.82, 2.24) is 19.8 Å². The summed E-state index contributed by atoms with van der Waals surface area (Å²) in [6, 6.07) is 1.34. The molecule has 0 N–H and O–H groups in total. The average Bonchev–Trinajstić information content (AvgIpc) is 3.35. The number of rotatable bonds is 5. The van der Waals surface area contributed by atoms with Gasteiger partial charge < -0.3 is 28.9 Å². The van der Waals surface area contributed by atoms with Crippen LogP contribution in [0.15, 0.2) is 6.07 Å². The van der Waals surface area contributed by atoms with Gasteiger partial charge in [0.05, 0.1) is 24.0 Å². The van der Waals surface area contributed by atoms with Gasteiger partial charge in [-0.2, -0.15) is 23.1 Å². The van der Waals surface area contributed by atoms with Crippen molar-refractivity contribution in [3.8, 4) is 6.01 Å². The summed E-state index contributed by atoms with van der Waals surface area (Å²) in [5.41, 5.74) is -1.00. The number of alkyl halides is 3. The number of aryl methyl sites for hydroxylation is 2. The van der Waals surface area contributed by atoms with Gasteiger partial charge >= 0.3 is 18.3 Å². The molecular formula is C32H43F4N5O4. The summed E-state index contributed by atoms with van der Waals surface area (Å²) in [5, 5.41) is 0. The molecule has 248 valence electrons. The number of hydrogen-bond acceptors (Lipinski definition) is 8. The van der Waals surface area contributed by atoms with Crippen LogP contribution in [0.3, 0.4) is 0 Å². The molecule has 0 radical (unpaired) electrons. The van der Waals surface area contributed by atoms with Crippen LogP contribution in [0, 0.1) is 19.7 Å². The Morgan fingerprint density at radius 1 is 1.11 bits per heavy atom. The maximum absolute atomic E-state index is 15.5. The number of fused-ring (bicyclic) bond motifs is 1. The van der Waals surface area contributed by atoms with Crippen LogP contribution < -0.4 is 9.64 Å². The third kappa shape index (κ3) is 7.14. The molecule has 1 aromatic carbocycles. The van der Waals surface area contributed by atoms with E-state index in [2.05, 4.69) is 9.88 Å². The molecule has 3 aliphatic rings. The molecule has 0 saturated carbocycles. The third-order valence-electron chi connectivity index (χ3n) is 8.77. The molecule has 13 heteroatoms. The summed E-state index contributed by atoms with van der Waals surface area (Å²) in [5.74, 6) is -0.384. The number of likely N-dealkylation sites (N-methyl/N-ethyl adjacent to an activating group) is 1. The molecule has 2 fully saturated rings. The van der Waals surface area contributed by atoms with Crippen molar-refractivity contribution in [1.29, 1.82) is 0 Å². The zero-order valence-corrected chi connectivity index (χ0v) is 27.1. The number of piperazine rings is 1. The number of ether oxygens (including phenoxy) is 3. The molecule has 45 heavy (non-hydrogen) atoms. The number of halogens is 4. The van der Waals surface area contributed by atoms with Gasteiger partial charge in [-0.05, 0) is 79.1 Å². The molecule has 0 bridgehead atoms. The van der Waals surface area contributed by atoms with Gasteiger partial charge in [-0.25, -0.2) is 9.18 Å². The second kappa shape index (κ2) is 12.5. The Hall–Kier alpha value is -3.19. The zero-order chi connectivity index (χ0) is 32.8. The van der Waals surface area contributed by atoms with Gasteiger partial charge in [0.1, 0.15) is 23.8 Å². The molecule has 5 rings (SSSR count). The minimum absolute atomic E-state index is 0.0597. The number of likely N-dealkylation sites (tertiary alicyclic amines) is 1. The first kappa shape index (κ1) is 33.2. The molecule has 0 spiro atoms. The number of aromatic nitrogens is 2. The number of anilines is 1. The number of amides is 1. The van der Waals surface area contributed by atoms with Crippen LogP contribution >= 0.6 is 0 Å². The van der Waals surface area contributed by atoms with E-state index in [1.807, 2.05) is 39.6 Å². The molecule has 1 aromatic heterocycles. The van der Waals surface area contributed by atoms with Crippen LogP contribution in [0.25, 0.3) is 0 Å². The maximum atomic E-state index is 15.5. The van der Waals surface area contributed by atoms with Crippen LogP contribution in [0.1, 0.15) is 80.2 Å². The summed E-state index contributed by atoms with van der Waals surface area (Å²) in [4.78, 5) is 28.1. The van der Waals surface area contributed by atoms with E-state index in [-0.39, 0.29) is 42.2 Å². The Morgan fingerprint density at radius 2 is 1.84 bits per heavy atom. The lowest BCUT2D eigenvalue weighted by Crippen LogP contribution is -2.55. The topological polar surface area (TPSA) is 80.3 Å². The average molecular weight is 638 g/mol. The van der Waals surface area contributed by atoms with Gasteiger partial charge in [0.15, 0.2) is 0 Å². The van der Waals surface area contributed by atoms with Crippen LogP contribution in [0.4, 0.5) is 28.2 Å². The molecule has 3 aliphatic heterocycles. The number of nitrogens with zero attached hydrogens (tertiary/aromatic N) is 5. The quantitative estimate of drug-likeness (QED) is 0.371. The summed E-state index contributed by atoms with van der Waals surface area (Å²) in [7, 11) is 2.03. The molecule has 0 aliphatic carbocycles. The highest BCUT2D eigenvalue weighted by Gasteiger charge is 2.42. The van der Waals surface area contributed by atoms with E-state index in [1.165, 1.54) is 19.9 Å². The van der Waals surface area contributed by atoms with Gasteiger partial charge in [-0.3, -0.25) is 0 Å². The predicted molar refractivity (Wildman–Crippen MR) is 160 cm³/mol. The second-order valence-corrected chi connectivity index (χ2v) is 13.4. The Labute approximate surface area is 261 Å². The van der Waals surface area contributed by atoms with Gasteiger partial charge in [0, 0.05) is 49.3 Å². The van der Waals surface area contributed by atoms with Crippen molar-refractivity contribution < 1.29 is 36.6 Å². The van der Waals surface area contributed by atoms with E-state index in [4.69, 9.17) is 19.2 Å². The maximum Gasteiger partial charge on any atom is 0.417 e. The molecule has 1 unspecified atom stereocenters. The van der Waals surface area contributed by atoms with E-state index < -0.39 is 40.9 Å². The Balaban J connectivity index is 1.48. The molecule has 4 heterocycles. The second-order valence-electron chi connectivity index (χ2n) is 13.4. The first-order valence-corrected chi connectivity index (χ1v) is 15.5. The van der Waals surface area contributed by atoms with Crippen molar-refractivity contribution in [2.75, 3.05) is 44.7 Å². The minimum Gasteiger partial charge on any atom is -0.462 e. The van der Waals surface area contributed by atoms with Crippen molar-refractivity contribution >= 4 is 11.9 Å². The summed E-state index contributed by atoms with van der Waals surface area (Å²) in [6.07, 6.45) is -4.42. The largest absolute Gasteiger partial charge is 0.462 e. The number of carbonyl (C=O) groups excluding carboxylic acids is 1. The number of benzene rings is 1. The lowest BCUT2D eigenvalue weighted by Gasteiger charge is -2.42. The Bertz CT molecular complexity index is 1430. The lowest BCUT2D eigenvalue weighted by atomic mass is 9.90. The predicted octanol–water partition coefficient (Wildman–Crippen LogP) is 5.98. The fourth-order valence-corrected chi connectivity index (χ4v) is 6.52. The van der Waals surface area contributed by atoms with E-state index >= 15 is 4.39 Å². The minimum atomic E-state index is -4.76. The Morgan fingerprint density at radius 3 is 2.47 bits per heavy atom. The SMILES string of the molecule is Cc1cc(C)c(C(F)(F)F)c(C2Cc3nc(OC[C@@H]4CCCN4C)nc(N4CCN(C(=O)OC(C)(C)C)C[C@@H]4C)c3CO2)c1F. The molecular weight excluding hydrogens is 594 g/mol. The van der Waals surface area contributed by atoms with Crippen LogP contribution in [0.5, 0.6) is 6.01 Å². The van der Waals surface area contributed by atoms with E-state index in [9.17, 15) is 18.0 Å². The highest BCUT2D eigenvalue weighted by molar-refractivity contribution is 5.69. The molecule has 3 atom stereocenters. The molecule has 2 aromatic rings. The smallest absolute Gasteiger partial charge is 0.417 e. The third-order valence-corrected chi connectivity index (χ3v) is 8.77. The number of hydrogen-bond donors (Lipinski definition) is 0. The van der Waals surface area contributed by atoms with Crippen molar-refractivity contribution in [3.05, 3.63) is 45.4 Å². The highest BCUT2D eigenvalue weighted by Crippen LogP contribution is 2.44. The first-order chi connectivity index (χ1) is 21.0. The van der Waals surface area contributed by atoms with Crippen molar-refractivity contribution in [2.24, 2.45) is 0 Å². The summed E-state index contributed by atoms with van der Waals surface area (Å²) < 4.78 is 75.9. The Kier molecular flexibility index (Phi) is 9.25. The summed E-state index contributed by atoms with van der Waals surface area (Å²) in [6.45, 7) is 12.6. The first-order valence-electron chi connectivity index (χ1n) is 15.5. The lowest BCUT2D eigenvalue weighted by molar-refractivity contribution is -0.140. The molecule has 2 saturated heterocycles. The number of carbonyl (C=O) groups is 1. The monoisotopic (exact) mass is 637 g/mol. The van der Waals surface area contributed by atoms with Crippen molar-refractivity contribution in [3.63, 3.8) is 0 Å². The highest BCUT2D eigenvalue weighted by atomic mass is 19.4. The molecule has 9 nitrogen and oxygen atoms in total. The van der Waals surface area contributed by atoms with Gasteiger partial charge in [-0.15, -0.1) is 0 Å². The standard InChI is InChI=1S/C32H43F4N5O4/c1-18-13-19(2)27(33)25(26(18)32(34,35)36)24-14-23-22(17-43-24)28(38-29(37-23)44-16-21-9-8-10-39(21)7)41-12-11-40(15-20(41)3)30(42)45-31(4,5)6/h13,20-21,24H,8-12,14-17H2,1-7H3/t20-,21-,24?/m0/s1. The van der Waals surface area contributed by atoms with Crippen LogP contribution in [0.2, 0.25) is 0 Å². The van der Waals surface area contributed by atoms with Gasteiger partial charge in [-0.1, -0.05) is 6.07 Å². The van der Waals surface area contributed by atoms with Crippen LogP contribution in [-0.4, -0.2) is 83.4 Å². The van der Waals surface area contributed by atoms with Crippen molar-refractivity contribution in [2.45, 2.75) is 97.4 Å². The van der Waals surface area contributed by atoms with Crippen LogP contribution in [-0.2, 0) is 28.7 Å². The van der Waals surface area contributed by atoms with E-state index in [1.54, 1.807) is 4.90 Å². The normalized spacial score (nSPS) is 22.9. The fourth-order valence-electron chi connectivity index (χ4n) is 6.52. The fraction of sp³-hybridized carbons (Fsp3) is 0.656. The summed E-state index contributed by atoms with van der Waals surface area (Å²) >= 11 is 0. The van der Waals surface area contributed by atoms with Gasteiger partial charge in [0.25, 0.3) is 0 Å². The zero-order valence-electron chi connectivity index (χ0n) is 27.1. The van der Waals surface area contributed by atoms with E-state index in [0.29, 0.717) is 43.3 Å². The molecule has 1 amide bonds. The van der Waals surface area contributed by atoms with E-state index in [0.717, 1.165) is 19.4 Å².